The van der Waals surface area contributed by atoms with Crippen LogP contribution < -0.4 is 5.73 Å². The molecule has 0 radical (unpaired) electrons. The lowest BCUT2D eigenvalue weighted by Gasteiger charge is -2.20. The van der Waals surface area contributed by atoms with E-state index < -0.39 is 5.79 Å². The molecule has 0 saturated heterocycles. The zero-order valence-electron chi connectivity index (χ0n) is 9.61. The minimum atomic E-state index is -0.828. The molecule has 0 unspecified atom stereocenters. The molecule has 8 heteroatoms. The lowest BCUT2D eigenvalue weighted by Crippen LogP contribution is -2.22. The highest BCUT2D eigenvalue weighted by atomic mass is 32.1. The Bertz CT molecular complexity index is 583. The van der Waals surface area contributed by atoms with Crippen LogP contribution in [0.5, 0.6) is 0 Å². The van der Waals surface area contributed by atoms with Gasteiger partial charge < -0.3 is 15.2 Å². The second kappa shape index (κ2) is 3.98. The summed E-state index contributed by atoms with van der Waals surface area (Å²) in [5.74, 6) is -0.434. The molecule has 2 aromatic heterocycles. The van der Waals surface area contributed by atoms with E-state index in [0.717, 1.165) is 10.7 Å². The predicted molar refractivity (Wildman–Crippen MR) is 64.3 cm³/mol. The van der Waals surface area contributed by atoms with Gasteiger partial charge in [-0.3, -0.25) is 0 Å². The molecule has 3 rings (SSSR count). The number of thiazole rings is 1. The van der Waals surface area contributed by atoms with E-state index in [4.69, 9.17) is 15.2 Å². The summed E-state index contributed by atoms with van der Waals surface area (Å²) in [5.41, 5.74) is 6.23. The van der Waals surface area contributed by atoms with Crippen molar-refractivity contribution in [2.75, 3.05) is 5.73 Å². The van der Waals surface area contributed by atoms with Crippen molar-refractivity contribution in [1.82, 2.24) is 20.0 Å². The number of aromatic nitrogens is 4. The summed E-state index contributed by atoms with van der Waals surface area (Å²) in [7, 11) is 0. The largest absolute Gasteiger partial charge is 0.452 e. The minimum Gasteiger partial charge on any atom is -0.452 e. The maximum Gasteiger partial charge on any atom is 0.291 e. The van der Waals surface area contributed by atoms with Gasteiger partial charge in [-0.25, -0.2) is 4.98 Å². The van der Waals surface area contributed by atoms with Crippen molar-refractivity contribution in [2.24, 2.45) is 0 Å². The highest BCUT2D eigenvalue weighted by Crippen LogP contribution is 2.32. The standard InChI is InChI=1S/C10H11N5O2S/c1-10(16-2-3-17-10)7-6-18-9(13-7)5-15-12-4-8(11)14-15/h2-4,6H,5H2,1H3,(H2,11,14). The Morgan fingerprint density at radius 3 is 2.89 bits per heavy atom. The average molecular weight is 265 g/mol. The van der Waals surface area contributed by atoms with Crippen molar-refractivity contribution < 1.29 is 9.47 Å². The average Bonchev–Trinajstić information content (AvgIpc) is 3.02. The van der Waals surface area contributed by atoms with E-state index in [9.17, 15) is 0 Å². The fraction of sp³-hybridized carbons (Fsp3) is 0.300. The fourth-order valence-corrected chi connectivity index (χ4v) is 2.42. The summed E-state index contributed by atoms with van der Waals surface area (Å²) in [4.78, 5) is 5.95. The van der Waals surface area contributed by atoms with Crippen LogP contribution in [0.4, 0.5) is 5.82 Å². The Morgan fingerprint density at radius 2 is 2.22 bits per heavy atom. The first-order valence-corrected chi connectivity index (χ1v) is 6.15. The molecule has 0 spiro atoms. The Kier molecular flexibility index (Phi) is 2.44. The van der Waals surface area contributed by atoms with Crippen molar-refractivity contribution in [2.45, 2.75) is 19.3 Å². The Hall–Kier alpha value is -2.09. The molecule has 0 bridgehead atoms. The molecule has 1 aliphatic rings. The number of hydrogen-bond acceptors (Lipinski definition) is 7. The van der Waals surface area contributed by atoms with Crippen LogP contribution in [0, 0.1) is 0 Å². The molecule has 1 aliphatic heterocycles. The van der Waals surface area contributed by atoms with Gasteiger partial charge in [0.25, 0.3) is 5.79 Å². The predicted octanol–water partition coefficient (Wildman–Crippen LogP) is 1.06. The minimum absolute atomic E-state index is 0.394. The van der Waals surface area contributed by atoms with Crippen molar-refractivity contribution in [3.8, 4) is 0 Å². The summed E-state index contributed by atoms with van der Waals surface area (Å²) in [6, 6.07) is 0. The maximum atomic E-state index is 5.50. The van der Waals surface area contributed by atoms with Crippen molar-refractivity contribution in [1.29, 1.82) is 0 Å². The highest BCUT2D eigenvalue weighted by Gasteiger charge is 2.34. The summed E-state index contributed by atoms with van der Waals surface area (Å²) in [6.45, 7) is 2.29. The number of ether oxygens (including phenoxy) is 2. The van der Waals surface area contributed by atoms with Crippen molar-refractivity contribution in [3.05, 3.63) is 34.8 Å². The van der Waals surface area contributed by atoms with Gasteiger partial charge in [0.05, 0.1) is 6.20 Å². The first-order chi connectivity index (χ1) is 8.66. The second-order valence-corrected chi connectivity index (χ2v) is 4.82. The zero-order chi connectivity index (χ0) is 12.6. The molecule has 0 aromatic carbocycles. The SMILES string of the molecule is CC1(c2csc(Cn3ncc(N)n3)n2)OC=CO1. The van der Waals surface area contributed by atoms with E-state index >= 15 is 0 Å². The smallest absolute Gasteiger partial charge is 0.291 e. The summed E-state index contributed by atoms with van der Waals surface area (Å²) >= 11 is 1.50. The Balaban J connectivity index is 1.77. The van der Waals surface area contributed by atoms with Gasteiger partial charge in [-0.15, -0.1) is 16.4 Å². The van der Waals surface area contributed by atoms with Gasteiger partial charge in [-0.2, -0.15) is 9.90 Å². The van der Waals surface area contributed by atoms with Crippen LogP contribution in [0.1, 0.15) is 17.6 Å². The van der Waals surface area contributed by atoms with Gasteiger partial charge in [0.15, 0.2) is 5.82 Å². The third-order valence-electron chi connectivity index (χ3n) is 2.49. The van der Waals surface area contributed by atoms with E-state index in [0.29, 0.717) is 12.4 Å². The van der Waals surface area contributed by atoms with Crippen LogP contribution in [0.25, 0.3) is 0 Å². The topological polar surface area (TPSA) is 88.1 Å². The van der Waals surface area contributed by atoms with Crippen LogP contribution >= 0.6 is 11.3 Å². The van der Waals surface area contributed by atoms with Gasteiger partial charge in [0.1, 0.15) is 29.8 Å². The monoisotopic (exact) mass is 265 g/mol. The van der Waals surface area contributed by atoms with Crippen LogP contribution in [0.2, 0.25) is 0 Å². The lowest BCUT2D eigenvalue weighted by atomic mass is 10.2. The molecule has 0 atom stereocenters. The number of anilines is 1. The van der Waals surface area contributed by atoms with Gasteiger partial charge in [0.2, 0.25) is 0 Å². The van der Waals surface area contributed by atoms with E-state index in [2.05, 4.69) is 15.2 Å². The Morgan fingerprint density at radius 1 is 1.44 bits per heavy atom. The summed E-state index contributed by atoms with van der Waals surface area (Å²) in [5, 5.41) is 10.8. The van der Waals surface area contributed by atoms with Crippen molar-refractivity contribution in [3.63, 3.8) is 0 Å². The third kappa shape index (κ3) is 1.90. The molecule has 3 heterocycles. The molecular weight excluding hydrogens is 254 g/mol. The number of rotatable bonds is 3. The normalized spacial score (nSPS) is 16.5. The number of nitrogen functional groups attached to an aromatic ring is 1. The maximum absolute atomic E-state index is 5.50. The van der Waals surface area contributed by atoms with E-state index in [1.807, 2.05) is 12.3 Å². The highest BCUT2D eigenvalue weighted by molar-refractivity contribution is 7.09. The molecule has 0 amide bonds. The molecule has 2 aromatic rings. The molecule has 7 nitrogen and oxygen atoms in total. The number of hydrogen-bond donors (Lipinski definition) is 1. The third-order valence-corrected chi connectivity index (χ3v) is 3.32. The van der Waals surface area contributed by atoms with E-state index in [1.165, 1.54) is 34.9 Å². The van der Waals surface area contributed by atoms with Crippen molar-refractivity contribution >= 4 is 17.2 Å². The zero-order valence-corrected chi connectivity index (χ0v) is 10.4. The van der Waals surface area contributed by atoms with E-state index in [1.54, 1.807) is 0 Å². The van der Waals surface area contributed by atoms with Gasteiger partial charge >= 0.3 is 0 Å². The molecule has 18 heavy (non-hydrogen) atoms. The molecule has 0 saturated carbocycles. The first-order valence-electron chi connectivity index (χ1n) is 5.27. The van der Waals surface area contributed by atoms with Gasteiger partial charge in [0, 0.05) is 12.3 Å². The summed E-state index contributed by atoms with van der Waals surface area (Å²) in [6.07, 6.45) is 4.52. The molecule has 2 N–H and O–H groups in total. The number of nitrogens with two attached hydrogens (primary N) is 1. The molecule has 94 valence electrons. The van der Waals surface area contributed by atoms with Crippen LogP contribution in [-0.2, 0) is 21.8 Å². The van der Waals surface area contributed by atoms with Crippen LogP contribution in [0.3, 0.4) is 0 Å². The molecular formula is C10H11N5O2S. The molecule has 0 fully saturated rings. The van der Waals surface area contributed by atoms with Crippen LogP contribution in [0.15, 0.2) is 24.1 Å². The quantitative estimate of drug-likeness (QED) is 0.892. The fourth-order valence-electron chi connectivity index (χ4n) is 1.56. The van der Waals surface area contributed by atoms with Crippen LogP contribution in [-0.4, -0.2) is 20.0 Å². The van der Waals surface area contributed by atoms with Gasteiger partial charge in [-0.05, 0) is 0 Å². The second-order valence-electron chi connectivity index (χ2n) is 3.88. The molecule has 0 aliphatic carbocycles. The number of nitrogens with zero attached hydrogens (tertiary/aromatic N) is 4. The lowest BCUT2D eigenvalue weighted by molar-refractivity contribution is -0.136. The first kappa shape index (κ1) is 11.0. The Labute approximate surface area is 107 Å². The summed E-state index contributed by atoms with van der Waals surface area (Å²) < 4.78 is 10.8. The van der Waals surface area contributed by atoms with Gasteiger partial charge in [-0.1, -0.05) is 0 Å². The van der Waals surface area contributed by atoms with E-state index in [-0.39, 0.29) is 0 Å².